The summed E-state index contributed by atoms with van der Waals surface area (Å²) in [6, 6.07) is 73.8. The first-order chi connectivity index (χ1) is 26.3. The molecule has 10 rings (SSSR count). The van der Waals surface area contributed by atoms with Crippen molar-refractivity contribution in [1.82, 2.24) is 0 Å². The van der Waals surface area contributed by atoms with Gasteiger partial charge in [-0.1, -0.05) is 127 Å². The predicted octanol–water partition coefficient (Wildman–Crippen LogP) is 14.3. The first-order valence-electron chi connectivity index (χ1n) is 18.1. The molecule has 3 heteroatoms. The molecule has 0 saturated heterocycles. The van der Waals surface area contributed by atoms with Crippen LogP contribution in [-0.2, 0) is 0 Å². The maximum atomic E-state index is 3.88. The number of rotatable bonds is 7. The molecular weight excluding hydrogens is 643 g/mol. The van der Waals surface area contributed by atoms with Crippen molar-refractivity contribution < 1.29 is 0 Å². The molecule has 0 spiro atoms. The molecule has 0 radical (unpaired) electrons. The summed E-state index contributed by atoms with van der Waals surface area (Å²) in [5.41, 5.74) is 13.9. The summed E-state index contributed by atoms with van der Waals surface area (Å²) in [5.74, 6) is 0. The molecule has 1 aliphatic heterocycles. The van der Waals surface area contributed by atoms with Crippen molar-refractivity contribution in [3.63, 3.8) is 0 Å². The van der Waals surface area contributed by atoms with Crippen LogP contribution in [0.2, 0.25) is 0 Å². The molecule has 0 unspecified atom stereocenters. The van der Waals surface area contributed by atoms with Crippen LogP contribution < -0.4 is 15.1 Å². The fourth-order valence-corrected chi connectivity index (χ4v) is 7.93. The smallest absolute Gasteiger partial charge is 0.0544 e. The lowest BCUT2D eigenvalue weighted by atomic mass is 9.87. The number of nitrogens with zero attached hydrogens (tertiary/aromatic N) is 2. The van der Waals surface area contributed by atoms with E-state index in [1.165, 1.54) is 43.8 Å². The minimum atomic E-state index is 1.12. The van der Waals surface area contributed by atoms with E-state index in [1.54, 1.807) is 0 Å². The Morgan fingerprint density at radius 1 is 0.321 bits per heavy atom. The first-order valence-corrected chi connectivity index (χ1v) is 18.1. The van der Waals surface area contributed by atoms with Crippen LogP contribution in [0.25, 0.3) is 43.8 Å². The van der Waals surface area contributed by atoms with Gasteiger partial charge in [-0.2, -0.15) is 0 Å². The van der Waals surface area contributed by atoms with Crippen LogP contribution in [0, 0.1) is 0 Å². The molecule has 9 aromatic rings. The molecule has 250 valence electrons. The average Bonchev–Trinajstić information content (AvgIpc) is 3.23. The summed E-state index contributed by atoms with van der Waals surface area (Å²) in [7, 11) is 0. The molecule has 1 heterocycles. The Labute approximate surface area is 309 Å². The number of hydrogen-bond donors (Lipinski definition) is 1. The Balaban J connectivity index is 1.04. The normalized spacial score (nSPS) is 11.5. The molecule has 0 bridgehead atoms. The van der Waals surface area contributed by atoms with E-state index in [0.29, 0.717) is 0 Å². The van der Waals surface area contributed by atoms with Crippen molar-refractivity contribution in [3.8, 4) is 22.3 Å². The summed E-state index contributed by atoms with van der Waals surface area (Å²) in [5, 5.41) is 8.77. The highest BCUT2D eigenvalue weighted by Gasteiger charge is 2.23. The fraction of sp³-hybridized carbons (Fsp3) is 0. The Bertz CT molecular complexity index is 2650. The molecular formula is C50H35N3. The second-order valence-corrected chi connectivity index (χ2v) is 13.5. The van der Waals surface area contributed by atoms with Crippen molar-refractivity contribution >= 4 is 67.0 Å². The van der Waals surface area contributed by atoms with E-state index in [0.717, 1.165) is 45.5 Å². The topological polar surface area (TPSA) is 18.5 Å². The van der Waals surface area contributed by atoms with Crippen LogP contribution in [0.4, 0.5) is 45.5 Å². The summed E-state index contributed by atoms with van der Waals surface area (Å²) in [6.07, 6.45) is 0. The SMILES string of the molecule is c1ccc(N(c2ccccc2)c2ccc(-c3ccc4c5c(cccc35)Nc3c-4ccc4cc(N(c5ccccc5)c5ccccc5)ccc34)cc2)cc1. The molecule has 0 aromatic heterocycles. The van der Waals surface area contributed by atoms with Crippen LogP contribution in [0.5, 0.6) is 0 Å². The fourth-order valence-electron chi connectivity index (χ4n) is 7.93. The Morgan fingerprint density at radius 2 is 0.811 bits per heavy atom. The van der Waals surface area contributed by atoms with Gasteiger partial charge in [0.1, 0.15) is 0 Å². The van der Waals surface area contributed by atoms with Gasteiger partial charge in [-0.25, -0.2) is 0 Å². The largest absolute Gasteiger partial charge is 0.354 e. The molecule has 53 heavy (non-hydrogen) atoms. The van der Waals surface area contributed by atoms with E-state index in [9.17, 15) is 0 Å². The standard InChI is InChI=1S/C50H35N3/c1-5-14-37(15-6-1)52(38-16-7-2-8-17-38)41-27-24-35(25-28-41)43-32-33-46-47-30-26-36-34-42(53(39-18-9-3-10-19-39)40-20-11-4-12-21-40)29-31-44(36)50(47)51-48-23-13-22-45(43)49(46)48/h1-34,51H. The molecule has 0 aliphatic carbocycles. The Morgan fingerprint density at radius 3 is 1.40 bits per heavy atom. The summed E-state index contributed by atoms with van der Waals surface area (Å²) < 4.78 is 0. The number of benzene rings is 9. The average molecular weight is 678 g/mol. The quantitative estimate of drug-likeness (QED) is 0.181. The molecule has 9 aromatic carbocycles. The monoisotopic (exact) mass is 677 g/mol. The predicted molar refractivity (Wildman–Crippen MR) is 225 cm³/mol. The highest BCUT2D eigenvalue weighted by Crippen LogP contribution is 2.49. The second kappa shape index (κ2) is 12.9. The second-order valence-electron chi connectivity index (χ2n) is 13.5. The lowest BCUT2D eigenvalue weighted by Crippen LogP contribution is -2.09. The van der Waals surface area contributed by atoms with Gasteiger partial charge < -0.3 is 15.1 Å². The summed E-state index contributed by atoms with van der Waals surface area (Å²) in [6.45, 7) is 0. The number of fused-ring (bicyclic) bond motifs is 4. The van der Waals surface area contributed by atoms with Gasteiger partial charge in [-0.15, -0.1) is 0 Å². The highest BCUT2D eigenvalue weighted by molar-refractivity contribution is 6.19. The van der Waals surface area contributed by atoms with E-state index in [4.69, 9.17) is 0 Å². The Kier molecular flexibility index (Phi) is 7.47. The number of para-hydroxylation sites is 4. The zero-order chi connectivity index (χ0) is 35.1. The van der Waals surface area contributed by atoms with E-state index < -0.39 is 0 Å². The van der Waals surface area contributed by atoms with Crippen molar-refractivity contribution in [2.24, 2.45) is 0 Å². The van der Waals surface area contributed by atoms with Crippen LogP contribution in [0.15, 0.2) is 206 Å². The van der Waals surface area contributed by atoms with Gasteiger partial charge in [0.15, 0.2) is 0 Å². The number of hydrogen-bond acceptors (Lipinski definition) is 3. The van der Waals surface area contributed by atoms with Gasteiger partial charge in [0.05, 0.1) is 5.69 Å². The first kappa shape index (κ1) is 30.7. The maximum absolute atomic E-state index is 3.88. The van der Waals surface area contributed by atoms with Crippen LogP contribution in [0.3, 0.4) is 0 Å². The van der Waals surface area contributed by atoms with E-state index in [2.05, 4.69) is 221 Å². The zero-order valence-electron chi connectivity index (χ0n) is 29.0. The molecule has 1 N–H and O–H groups in total. The van der Waals surface area contributed by atoms with Gasteiger partial charge in [0.2, 0.25) is 0 Å². The van der Waals surface area contributed by atoms with Crippen molar-refractivity contribution in [3.05, 3.63) is 206 Å². The van der Waals surface area contributed by atoms with Crippen LogP contribution in [-0.4, -0.2) is 0 Å². The van der Waals surface area contributed by atoms with E-state index >= 15 is 0 Å². The molecule has 3 nitrogen and oxygen atoms in total. The lowest BCUT2D eigenvalue weighted by Gasteiger charge is -2.27. The van der Waals surface area contributed by atoms with Crippen molar-refractivity contribution in [2.75, 3.05) is 15.1 Å². The van der Waals surface area contributed by atoms with E-state index in [-0.39, 0.29) is 0 Å². The third-order valence-electron chi connectivity index (χ3n) is 10.3. The molecule has 0 saturated carbocycles. The van der Waals surface area contributed by atoms with Crippen molar-refractivity contribution in [2.45, 2.75) is 0 Å². The number of nitrogens with one attached hydrogen (secondary N) is 1. The molecule has 0 atom stereocenters. The van der Waals surface area contributed by atoms with Crippen molar-refractivity contribution in [1.29, 1.82) is 0 Å². The third kappa shape index (κ3) is 5.38. The van der Waals surface area contributed by atoms with Gasteiger partial charge in [0, 0.05) is 56.1 Å². The lowest BCUT2D eigenvalue weighted by molar-refractivity contribution is 1.28. The highest BCUT2D eigenvalue weighted by atomic mass is 15.1. The summed E-state index contributed by atoms with van der Waals surface area (Å²) in [4.78, 5) is 4.62. The number of anilines is 8. The Hall–Kier alpha value is -7.10. The van der Waals surface area contributed by atoms with Gasteiger partial charge in [0.25, 0.3) is 0 Å². The zero-order valence-corrected chi connectivity index (χ0v) is 29.0. The molecule has 0 fully saturated rings. The maximum Gasteiger partial charge on any atom is 0.0544 e. The van der Waals surface area contributed by atoms with E-state index in [1.807, 2.05) is 0 Å². The molecule has 0 amide bonds. The minimum Gasteiger partial charge on any atom is -0.354 e. The summed E-state index contributed by atoms with van der Waals surface area (Å²) >= 11 is 0. The van der Waals surface area contributed by atoms with Gasteiger partial charge in [-0.3, -0.25) is 0 Å². The van der Waals surface area contributed by atoms with Crippen LogP contribution >= 0.6 is 0 Å². The van der Waals surface area contributed by atoms with Crippen LogP contribution in [0.1, 0.15) is 0 Å². The third-order valence-corrected chi connectivity index (χ3v) is 10.3. The van der Waals surface area contributed by atoms with Gasteiger partial charge in [-0.05, 0) is 106 Å². The minimum absolute atomic E-state index is 1.12. The van der Waals surface area contributed by atoms with Gasteiger partial charge >= 0.3 is 0 Å². The molecule has 1 aliphatic rings.